The second kappa shape index (κ2) is 14.1. The van der Waals surface area contributed by atoms with Crippen LogP contribution in [-0.2, 0) is 0 Å². The van der Waals surface area contributed by atoms with Gasteiger partial charge in [0.05, 0.1) is 22.1 Å². The fraction of sp³-hybridized carbons (Fsp3) is 0.0169. The van der Waals surface area contributed by atoms with Gasteiger partial charge in [-0.1, -0.05) is 158 Å². The molecule has 0 saturated carbocycles. The topological polar surface area (TPSA) is 9.86 Å². The van der Waals surface area contributed by atoms with E-state index in [1.165, 1.54) is 98.0 Å². The largest absolute Gasteiger partial charge is 0.309 e. The Morgan fingerprint density at radius 2 is 0.951 bits per heavy atom. The number of aromatic nitrogens is 2. The molecule has 11 aromatic rings. The molecule has 0 atom stereocenters. The van der Waals surface area contributed by atoms with Crippen LogP contribution in [0.1, 0.15) is 12.0 Å². The number of benzene rings is 9. The van der Waals surface area contributed by atoms with Crippen LogP contribution in [0, 0.1) is 0 Å². The average Bonchev–Trinajstić information content (AvgIpc) is 3.84. The molecule has 1 aliphatic rings. The Balaban J connectivity index is 0.998. The fourth-order valence-corrected chi connectivity index (χ4v) is 9.90. The summed E-state index contributed by atoms with van der Waals surface area (Å²) in [5.74, 6) is 0. The summed E-state index contributed by atoms with van der Waals surface area (Å²) in [6.45, 7) is 4.74. The number of nitrogens with zero attached hydrogens (tertiary/aromatic N) is 2. The molecule has 0 spiro atoms. The van der Waals surface area contributed by atoms with Gasteiger partial charge in [-0.3, -0.25) is 0 Å². The van der Waals surface area contributed by atoms with Crippen LogP contribution in [0.5, 0.6) is 0 Å². The monoisotopic (exact) mass is 776 g/mol. The molecular weight excluding hydrogens is 737 g/mol. The van der Waals surface area contributed by atoms with E-state index in [1.54, 1.807) is 0 Å². The molecule has 0 aliphatic heterocycles. The van der Waals surface area contributed by atoms with Gasteiger partial charge < -0.3 is 9.13 Å². The number of fused-ring (bicyclic) bond motifs is 9. The molecule has 0 fully saturated rings. The minimum atomic E-state index is 0.893. The smallest absolute Gasteiger partial charge is 0.0541 e. The van der Waals surface area contributed by atoms with Crippen LogP contribution in [0.4, 0.5) is 0 Å². The zero-order valence-electron chi connectivity index (χ0n) is 33.6. The Morgan fingerprint density at radius 3 is 1.59 bits per heavy atom. The maximum Gasteiger partial charge on any atom is 0.0541 e. The van der Waals surface area contributed by atoms with Crippen molar-refractivity contribution in [3.8, 4) is 22.5 Å². The first-order valence-electron chi connectivity index (χ1n) is 21.1. The van der Waals surface area contributed by atoms with Gasteiger partial charge in [0.15, 0.2) is 0 Å². The van der Waals surface area contributed by atoms with Crippen LogP contribution in [0.25, 0.3) is 105 Å². The van der Waals surface area contributed by atoms with Crippen LogP contribution >= 0.6 is 0 Å². The highest BCUT2D eigenvalue weighted by atomic mass is 15.0. The van der Waals surface area contributed by atoms with Gasteiger partial charge in [-0.05, 0) is 133 Å². The van der Waals surface area contributed by atoms with E-state index in [0.29, 0.717) is 0 Å². The Kier molecular flexibility index (Phi) is 8.11. The predicted molar refractivity (Wildman–Crippen MR) is 261 cm³/mol. The normalized spacial score (nSPS) is 14.1. The lowest BCUT2D eigenvalue weighted by atomic mass is 9.92. The Morgan fingerprint density at radius 1 is 0.426 bits per heavy atom. The Labute approximate surface area is 353 Å². The lowest BCUT2D eigenvalue weighted by molar-refractivity contribution is 1.18. The molecule has 2 nitrogen and oxygen atoms in total. The molecule has 0 N–H and O–H groups in total. The maximum atomic E-state index is 4.74. The highest BCUT2D eigenvalue weighted by molar-refractivity contribution is 6.13. The van der Waals surface area contributed by atoms with Gasteiger partial charge in [0.1, 0.15) is 0 Å². The molecule has 2 heteroatoms. The summed E-state index contributed by atoms with van der Waals surface area (Å²) in [6.07, 6.45) is 12.0. The number of hydrogen-bond acceptors (Lipinski definition) is 0. The molecule has 0 amide bonds. The Bertz CT molecular complexity index is 3800. The van der Waals surface area contributed by atoms with E-state index < -0.39 is 0 Å². The van der Waals surface area contributed by atoms with Crippen molar-refractivity contribution in [3.63, 3.8) is 0 Å². The molecule has 286 valence electrons. The number of allylic oxidation sites excluding steroid dienone is 5. The second-order valence-electron chi connectivity index (χ2n) is 16.1. The minimum absolute atomic E-state index is 0.893. The molecule has 0 saturated heterocycles. The zero-order chi connectivity index (χ0) is 40.4. The number of hydrogen-bond donors (Lipinski definition) is 0. The molecule has 1 aliphatic carbocycles. The van der Waals surface area contributed by atoms with E-state index in [-0.39, 0.29) is 0 Å². The lowest BCUT2D eigenvalue weighted by Crippen LogP contribution is -2.29. The quantitative estimate of drug-likeness (QED) is 0.154. The highest BCUT2D eigenvalue weighted by Gasteiger charge is 2.17. The van der Waals surface area contributed by atoms with Crippen molar-refractivity contribution in [2.45, 2.75) is 6.42 Å². The van der Waals surface area contributed by atoms with Gasteiger partial charge in [0.25, 0.3) is 0 Å². The van der Waals surface area contributed by atoms with E-state index in [4.69, 9.17) is 6.58 Å². The minimum Gasteiger partial charge on any atom is -0.309 e. The second-order valence-corrected chi connectivity index (χ2v) is 16.1. The van der Waals surface area contributed by atoms with Crippen molar-refractivity contribution >= 4 is 82.4 Å². The molecule has 2 aromatic heterocycles. The van der Waals surface area contributed by atoms with Crippen molar-refractivity contribution in [1.82, 2.24) is 9.13 Å². The predicted octanol–water partition coefficient (Wildman–Crippen LogP) is 14.0. The van der Waals surface area contributed by atoms with Gasteiger partial charge in [-0.15, -0.1) is 0 Å². The van der Waals surface area contributed by atoms with Crippen molar-refractivity contribution in [1.29, 1.82) is 0 Å². The third-order valence-electron chi connectivity index (χ3n) is 12.7. The van der Waals surface area contributed by atoms with Gasteiger partial charge in [0, 0.05) is 32.9 Å². The molecule has 0 radical (unpaired) electrons. The van der Waals surface area contributed by atoms with E-state index in [9.17, 15) is 0 Å². The van der Waals surface area contributed by atoms with E-state index in [0.717, 1.165) is 23.2 Å². The van der Waals surface area contributed by atoms with Crippen molar-refractivity contribution < 1.29 is 0 Å². The van der Waals surface area contributed by atoms with E-state index >= 15 is 0 Å². The summed E-state index contributed by atoms with van der Waals surface area (Å²) in [6, 6.07) is 68.6. The van der Waals surface area contributed by atoms with Crippen LogP contribution in [0.15, 0.2) is 219 Å². The molecule has 0 bridgehead atoms. The van der Waals surface area contributed by atoms with Gasteiger partial charge >= 0.3 is 0 Å². The molecule has 12 rings (SSSR count). The summed E-state index contributed by atoms with van der Waals surface area (Å²) in [5, 5.41) is 12.5. The summed E-state index contributed by atoms with van der Waals surface area (Å²) in [5.41, 5.74) is 12.8. The van der Waals surface area contributed by atoms with Crippen molar-refractivity contribution in [2.75, 3.05) is 0 Å². The first kappa shape index (κ1) is 35.0. The van der Waals surface area contributed by atoms with Gasteiger partial charge in [0.2, 0.25) is 0 Å². The highest BCUT2D eigenvalue weighted by Crippen LogP contribution is 2.38. The van der Waals surface area contributed by atoms with E-state index in [1.807, 2.05) is 0 Å². The lowest BCUT2D eigenvalue weighted by Gasteiger charge is -2.13. The summed E-state index contributed by atoms with van der Waals surface area (Å²) in [4.78, 5) is 0. The molecule has 61 heavy (non-hydrogen) atoms. The molecule has 2 heterocycles. The van der Waals surface area contributed by atoms with Crippen LogP contribution in [-0.4, -0.2) is 9.13 Å². The zero-order valence-corrected chi connectivity index (χ0v) is 33.6. The maximum absolute atomic E-state index is 4.74. The first-order chi connectivity index (χ1) is 30.2. The number of para-hydroxylation sites is 3. The van der Waals surface area contributed by atoms with Crippen LogP contribution in [0.2, 0.25) is 0 Å². The SMILES string of the molecule is C=C(/C=c1\c(=C2\C=CC=CC2)c2ccccc2c2ccccc12)c1cccc(-n2c3ccccc3c3cc(-c4ccc5c(c4)c4ccccc4n5-c4ccccc4)ccc32)c1. The van der Waals surface area contributed by atoms with Gasteiger partial charge in [-0.25, -0.2) is 0 Å². The average molecular weight is 777 g/mol. The molecule has 9 aromatic carbocycles. The van der Waals surface area contributed by atoms with Crippen molar-refractivity contribution in [3.05, 3.63) is 235 Å². The summed E-state index contributed by atoms with van der Waals surface area (Å²) < 4.78 is 4.78. The van der Waals surface area contributed by atoms with Crippen LogP contribution in [0.3, 0.4) is 0 Å². The van der Waals surface area contributed by atoms with Crippen molar-refractivity contribution in [2.24, 2.45) is 0 Å². The van der Waals surface area contributed by atoms with Crippen LogP contribution < -0.4 is 10.4 Å². The first-order valence-corrected chi connectivity index (χ1v) is 21.1. The fourth-order valence-electron chi connectivity index (χ4n) is 9.90. The third kappa shape index (κ3) is 5.64. The number of rotatable bonds is 5. The summed E-state index contributed by atoms with van der Waals surface area (Å²) in [7, 11) is 0. The summed E-state index contributed by atoms with van der Waals surface area (Å²) >= 11 is 0. The van der Waals surface area contributed by atoms with Gasteiger partial charge in [-0.2, -0.15) is 0 Å². The Hall–Kier alpha value is -7.94. The standard InChI is InChI=1S/C59H40N2/c1-39(35-54-48-25-9-8-23-46(48)47-24-10-11-28-51(47)59(54)40-17-4-2-5-18-40)41-19-16-22-45(36-41)61-56-30-15-13-27-50(56)53-38-43(32-34-58(53)61)42-31-33-57-52(37-42)49-26-12-14-29-55(49)60(57)44-20-6-3-7-21-44/h2-17,19-38H,1,18H2/b54-35-,59-40-. The molecule has 0 unspecified atom stereocenters. The van der Waals surface area contributed by atoms with E-state index in [2.05, 4.69) is 228 Å². The molecular formula is C59H40N2. The third-order valence-corrected chi connectivity index (χ3v) is 12.7.